The quantitative estimate of drug-likeness (QED) is 0.870. The summed E-state index contributed by atoms with van der Waals surface area (Å²) in [5.74, 6) is 0.138. The Labute approximate surface area is 122 Å². The van der Waals surface area contributed by atoms with Gasteiger partial charge in [0.2, 0.25) is 0 Å². The van der Waals surface area contributed by atoms with E-state index in [4.69, 9.17) is 0 Å². The number of thiophene rings is 1. The zero-order valence-electron chi connectivity index (χ0n) is 11.1. The van der Waals surface area contributed by atoms with Crippen molar-refractivity contribution in [2.45, 2.75) is 23.5 Å². The molecule has 0 bridgehead atoms. The smallest absolute Gasteiger partial charge is 0.252 e. The van der Waals surface area contributed by atoms with Gasteiger partial charge in [-0.25, -0.2) is 8.42 Å². The molecule has 0 aliphatic carbocycles. The highest BCUT2D eigenvalue weighted by Crippen LogP contribution is 2.31. The zero-order chi connectivity index (χ0) is 14.2. The molecule has 0 spiro atoms. The van der Waals surface area contributed by atoms with E-state index in [0.717, 1.165) is 17.7 Å². The Bertz CT molecular complexity index is 697. The van der Waals surface area contributed by atoms with E-state index in [1.165, 1.54) is 11.3 Å². The van der Waals surface area contributed by atoms with Crippen LogP contribution in [0, 0.1) is 6.92 Å². The molecule has 0 aromatic carbocycles. The summed E-state index contributed by atoms with van der Waals surface area (Å²) in [5.41, 5.74) is 1.85. The number of aromatic nitrogens is 2. The van der Waals surface area contributed by atoms with Crippen LogP contribution in [-0.4, -0.2) is 35.8 Å². The number of rotatable bonds is 3. The van der Waals surface area contributed by atoms with Crippen molar-refractivity contribution in [3.63, 3.8) is 0 Å². The highest BCUT2D eigenvalue weighted by molar-refractivity contribution is 7.91. The number of hydrogen-bond donors (Lipinski definition) is 0. The van der Waals surface area contributed by atoms with Gasteiger partial charge in [-0.2, -0.15) is 4.31 Å². The first-order chi connectivity index (χ1) is 9.57. The van der Waals surface area contributed by atoms with Crippen LogP contribution in [0.15, 0.2) is 34.2 Å². The first kappa shape index (κ1) is 13.7. The summed E-state index contributed by atoms with van der Waals surface area (Å²) >= 11 is 1.28. The second kappa shape index (κ2) is 5.23. The van der Waals surface area contributed by atoms with Gasteiger partial charge in [-0.15, -0.1) is 11.3 Å². The van der Waals surface area contributed by atoms with E-state index in [1.54, 1.807) is 29.0 Å². The molecule has 7 heteroatoms. The molecule has 2 aromatic rings. The number of nitrogens with zero attached hydrogens (tertiary/aromatic N) is 3. The summed E-state index contributed by atoms with van der Waals surface area (Å²) in [7, 11) is -3.36. The Morgan fingerprint density at radius 1 is 1.40 bits per heavy atom. The van der Waals surface area contributed by atoms with Crippen molar-refractivity contribution in [1.29, 1.82) is 0 Å². The minimum atomic E-state index is -3.36. The summed E-state index contributed by atoms with van der Waals surface area (Å²) in [4.78, 5) is 8.32. The van der Waals surface area contributed by atoms with Gasteiger partial charge < -0.3 is 0 Å². The molecule has 0 amide bonds. The van der Waals surface area contributed by atoms with E-state index in [0.29, 0.717) is 17.3 Å². The highest BCUT2D eigenvalue weighted by Gasteiger charge is 2.34. The van der Waals surface area contributed by atoms with Crippen LogP contribution in [0.25, 0.3) is 0 Å². The maximum Gasteiger partial charge on any atom is 0.252 e. The van der Waals surface area contributed by atoms with E-state index >= 15 is 0 Å². The standard InChI is InChI=1S/C13H15N3O2S2/c1-10-6-13(19-9-10)20(17,18)16-5-2-11(8-16)12-7-14-3-4-15-12/h3-4,6-7,9,11H,2,5,8H2,1H3. The van der Waals surface area contributed by atoms with Crippen LogP contribution in [0.5, 0.6) is 0 Å². The fourth-order valence-corrected chi connectivity index (χ4v) is 5.26. The average molecular weight is 309 g/mol. The molecule has 3 heterocycles. The van der Waals surface area contributed by atoms with Gasteiger partial charge in [-0.05, 0) is 30.4 Å². The van der Waals surface area contributed by atoms with E-state index in [1.807, 2.05) is 12.3 Å². The summed E-state index contributed by atoms with van der Waals surface area (Å²) in [6, 6.07) is 1.73. The van der Waals surface area contributed by atoms with Gasteiger partial charge in [0.05, 0.1) is 5.69 Å². The summed E-state index contributed by atoms with van der Waals surface area (Å²) in [6.07, 6.45) is 5.79. The van der Waals surface area contributed by atoms with Crippen molar-refractivity contribution in [2.24, 2.45) is 0 Å². The molecule has 1 unspecified atom stereocenters. The summed E-state index contributed by atoms with van der Waals surface area (Å²) in [6.45, 7) is 2.93. The van der Waals surface area contributed by atoms with Crippen LogP contribution in [-0.2, 0) is 10.0 Å². The molecule has 1 aliphatic rings. The highest BCUT2D eigenvalue weighted by atomic mass is 32.2. The van der Waals surface area contributed by atoms with Crippen molar-refractivity contribution in [1.82, 2.24) is 14.3 Å². The molecule has 5 nitrogen and oxygen atoms in total. The molecule has 0 N–H and O–H groups in total. The second-order valence-corrected chi connectivity index (χ2v) is 8.00. The van der Waals surface area contributed by atoms with Gasteiger partial charge in [-0.3, -0.25) is 9.97 Å². The first-order valence-corrected chi connectivity index (χ1v) is 8.70. The Morgan fingerprint density at radius 3 is 2.90 bits per heavy atom. The van der Waals surface area contributed by atoms with Gasteiger partial charge in [0.15, 0.2) is 0 Å². The number of aryl methyl sites for hydroxylation is 1. The third-order valence-corrected chi connectivity index (χ3v) is 6.85. The van der Waals surface area contributed by atoms with Gasteiger partial charge >= 0.3 is 0 Å². The summed E-state index contributed by atoms with van der Waals surface area (Å²) in [5, 5.41) is 1.86. The average Bonchev–Trinajstić information content (AvgIpc) is 3.09. The van der Waals surface area contributed by atoms with E-state index in [2.05, 4.69) is 9.97 Å². The van der Waals surface area contributed by atoms with Crippen LogP contribution in [0.4, 0.5) is 0 Å². The molecule has 0 saturated carbocycles. The van der Waals surface area contributed by atoms with Gasteiger partial charge in [-0.1, -0.05) is 0 Å². The molecule has 1 saturated heterocycles. The van der Waals surface area contributed by atoms with Gasteiger partial charge in [0.25, 0.3) is 10.0 Å². The fourth-order valence-electron chi connectivity index (χ4n) is 2.38. The van der Waals surface area contributed by atoms with Crippen LogP contribution < -0.4 is 0 Å². The molecule has 3 rings (SSSR count). The zero-order valence-corrected chi connectivity index (χ0v) is 12.7. The van der Waals surface area contributed by atoms with E-state index < -0.39 is 10.0 Å². The molecule has 106 valence electrons. The lowest BCUT2D eigenvalue weighted by molar-refractivity contribution is 0.473. The maximum atomic E-state index is 12.5. The van der Waals surface area contributed by atoms with Crippen LogP contribution in [0.3, 0.4) is 0 Å². The molecule has 1 atom stereocenters. The monoisotopic (exact) mass is 309 g/mol. The molecular weight excluding hydrogens is 294 g/mol. The minimum Gasteiger partial charge on any atom is -0.261 e. The van der Waals surface area contributed by atoms with Crippen LogP contribution >= 0.6 is 11.3 Å². The Balaban J connectivity index is 1.80. The lowest BCUT2D eigenvalue weighted by Gasteiger charge is -2.15. The van der Waals surface area contributed by atoms with Gasteiger partial charge in [0.1, 0.15) is 4.21 Å². The number of sulfonamides is 1. The van der Waals surface area contributed by atoms with Crippen LogP contribution in [0.2, 0.25) is 0 Å². The maximum absolute atomic E-state index is 12.5. The van der Waals surface area contributed by atoms with Crippen molar-refractivity contribution in [2.75, 3.05) is 13.1 Å². The topological polar surface area (TPSA) is 63.2 Å². The SMILES string of the molecule is Cc1csc(S(=O)(=O)N2CCC(c3cnccn3)C2)c1. The third kappa shape index (κ3) is 2.48. The summed E-state index contributed by atoms with van der Waals surface area (Å²) < 4.78 is 27.0. The van der Waals surface area contributed by atoms with Crippen LogP contribution in [0.1, 0.15) is 23.6 Å². The Kier molecular flexibility index (Phi) is 3.57. The predicted octanol–water partition coefficient (Wildman–Crippen LogP) is 2.02. The van der Waals surface area contributed by atoms with Crippen molar-refractivity contribution >= 4 is 21.4 Å². The molecule has 20 heavy (non-hydrogen) atoms. The van der Waals surface area contributed by atoms with E-state index in [-0.39, 0.29) is 5.92 Å². The largest absolute Gasteiger partial charge is 0.261 e. The minimum absolute atomic E-state index is 0.138. The van der Waals surface area contributed by atoms with Crippen molar-refractivity contribution < 1.29 is 8.42 Å². The Morgan fingerprint density at radius 2 is 2.25 bits per heavy atom. The van der Waals surface area contributed by atoms with Crippen molar-refractivity contribution in [3.05, 3.63) is 41.3 Å². The van der Waals surface area contributed by atoms with Crippen molar-refractivity contribution in [3.8, 4) is 0 Å². The first-order valence-electron chi connectivity index (χ1n) is 6.38. The predicted molar refractivity (Wildman–Crippen MR) is 77.2 cm³/mol. The lowest BCUT2D eigenvalue weighted by Crippen LogP contribution is -2.28. The molecule has 1 fully saturated rings. The lowest BCUT2D eigenvalue weighted by atomic mass is 10.1. The second-order valence-electron chi connectivity index (χ2n) is 4.92. The normalized spacial score (nSPS) is 20.4. The number of hydrogen-bond acceptors (Lipinski definition) is 5. The fraction of sp³-hybridized carbons (Fsp3) is 0.385. The van der Waals surface area contributed by atoms with E-state index in [9.17, 15) is 8.42 Å². The third-order valence-electron chi connectivity index (χ3n) is 3.45. The molecular formula is C13H15N3O2S2. The Hall–Kier alpha value is -1.31. The molecule has 1 aliphatic heterocycles. The molecule has 0 radical (unpaired) electrons. The molecule has 2 aromatic heterocycles. The van der Waals surface area contributed by atoms with Gasteiger partial charge in [0, 0.05) is 37.6 Å².